The quantitative estimate of drug-likeness (QED) is 0.750. The maximum absolute atomic E-state index is 13.1. The van der Waals surface area contributed by atoms with Crippen molar-refractivity contribution in [2.24, 2.45) is 0 Å². The predicted octanol–water partition coefficient (Wildman–Crippen LogP) is 2.60. The van der Waals surface area contributed by atoms with Crippen LogP contribution in [0, 0.1) is 5.82 Å². The van der Waals surface area contributed by atoms with Crippen molar-refractivity contribution in [1.82, 2.24) is 0 Å². The third-order valence-electron chi connectivity index (χ3n) is 4.91. The highest BCUT2D eigenvalue weighted by Crippen LogP contribution is 2.17. The number of ketones is 1. The lowest BCUT2D eigenvalue weighted by Gasteiger charge is -2.25. The molecule has 2 atom stereocenters. The van der Waals surface area contributed by atoms with Gasteiger partial charge >= 0.3 is 0 Å². The highest BCUT2D eigenvalue weighted by Gasteiger charge is 2.39. The van der Waals surface area contributed by atoms with Gasteiger partial charge in [0.05, 0.1) is 6.04 Å². The van der Waals surface area contributed by atoms with Crippen molar-refractivity contribution < 1.29 is 18.9 Å². The molecule has 136 valence electrons. The molecule has 4 nitrogen and oxygen atoms in total. The van der Waals surface area contributed by atoms with Gasteiger partial charge in [-0.3, -0.25) is 9.59 Å². The maximum Gasteiger partial charge on any atom is 0.282 e. The molecular weight excluding hydrogens is 331 g/mol. The molecule has 3 rings (SSSR count). The fourth-order valence-corrected chi connectivity index (χ4v) is 3.18. The Bertz CT molecular complexity index is 800. The molecule has 2 aromatic rings. The van der Waals surface area contributed by atoms with Crippen molar-refractivity contribution in [3.63, 3.8) is 0 Å². The summed E-state index contributed by atoms with van der Waals surface area (Å²) in [7, 11) is 0. The van der Waals surface area contributed by atoms with Crippen LogP contribution in [0.25, 0.3) is 0 Å². The number of halogens is 1. The Morgan fingerprint density at radius 1 is 1.19 bits per heavy atom. The second-order valence-corrected chi connectivity index (χ2v) is 7.00. The van der Waals surface area contributed by atoms with Crippen molar-refractivity contribution in [2.75, 3.05) is 5.32 Å². The number of nitrogens with one attached hydrogen (secondary N) is 2. The lowest BCUT2D eigenvalue weighted by molar-refractivity contribution is -0.938. The third-order valence-corrected chi connectivity index (χ3v) is 4.91. The molecule has 26 heavy (non-hydrogen) atoms. The number of anilines is 1. The standard InChI is InChI=1S/C21H23FN2O2/c1-14(21(26)23-19-5-3-4-17(12-19)15(2)25)24(20-10-11-20)13-16-6-8-18(22)9-7-16/h3-9,12,14,20H,10-11,13H2,1-2H3,(H,23,26)/p+1/t14-/m1/s1. The lowest BCUT2D eigenvalue weighted by Crippen LogP contribution is -3.16. The molecule has 1 aliphatic rings. The average Bonchev–Trinajstić information content (AvgIpc) is 3.46. The topological polar surface area (TPSA) is 50.6 Å². The summed E-state index contributed by atoms with van der Waals surface area (Å²) in [6.45, 7) is 4.11. The maximum atomic E-state index is 13.1. The first-order valence-electron chi connectivity index (χ1n) is 8.96. The van der Waals surface area contributed by atoms with Crippen LogP contribution in [0.15, 0.2) is 48.5 Å². The number of hydrogen-bond acceptors (Lipinski definition) is 2. The molecule has 5 heteroatoms. The van der Waals surface area contributed by atoms with Gasteiger partial charge in [0.2, 0.25) is 0 Å². The van der Waals surface area contributed by atoms with Crippen LogP contribution in [0.2, 0.25) is 0 Å². The van der Waals surface area contributed by atoms with E-state index >= 15 is 0 Å². The van der Waals surface area contributed by atoms with E-state index in [1.807, 2.05) is 6.92 Å². The van der Waals surface area contributed by atoms with E-state index in [4.69, 9.17) is 0 Å². The van der Waals surface area contributed by atoms with Crippen molar-refractivity contribution in [2.45, 2.75) is 45.3 Å². The van der Waals surface area contributed by atoms with E-state index in [0.29, 0.717) is 23.8 Å². The third kappa shape index (κ3) is 4.55. The van der Waals surface area contributed by atoms with Gasteiger partial charge < -0.3 is 10.2 Å². The number of amides is 1. The smallest absolute Gasteiger partial charge is 0.282 e. The molecular formula is C21H24FN2O2+. The van der Waals surface area contributed by atoms with Crippen LogP contribution in [0.5, 0.6) is 0 Å². The molecule has 2 aromatic carbocycles. The molecule has 1 aliphatic carbocycles. The van der Waals surface area contributed by atoms with Crippen molar-refractivity contribution in [3.05, 3.63) is 65.5 Å². The van der Waals surface area contributed by atoms with E-state index in [1.165, 1.54) is 24.0 Å². The van der Waals surface area contributed by atoms with Gasteiger partial charge in [0.15, 0.2) is 11.8 Å². The summed E-state index contributed by atoms with van der Waals surface area (Å²) < 4.78 is 13.1. The summed E-state index contributed by atoms with van der Waals surface area (Å²) in [6, 6.07) is 13.7. The van der Waals surface area contributed by atoms with Gasteiger partial charge in [0.25, 0.3) is 5.91 Å². The van der Waals surface area contributed by atoms with Gasteiger partial charge in [-0.05, 0) is 38.1 Å². The van der Waals surface area contributed by atoms with Crippen LogP contribution < -0.4 is 10.2 Å². The Balaban J connectivity index is 1.69. The summed E-state index contributed by atoms with van der Waals surface area (Å²) in [6.07, 6.45) is 2.21. The highest BCUT2D eigenvalue weighted by molar-refractivity contribution is 5.97. The van der Waals surface area contributed by atoms with Crippen LogP contribution in [0.4, 0.5) is 10.1 Å². The van der Waals surface area contributed by atoms with Crippen LogP contribution >= 0.6 is 0 Å². The van der Waals surface area contributed by atoms with Crippen molar-refractivity contribution >= 4 is 17.4 Å². The summed E-state index contributed by atoms with van der Waals surface area (Å²) in [5, 5.41) is 2.92. The monoisotopic (exact) mass is 355 g/mol. The Hall–Kier alpha value is -2.53. The number of carbonyl (C=O) groups excluding carboxylic acids is 2. The minimum absolute atomic E-state index is 0.0318. The van der Waals surface area contributed by atoms with Gasteiger partial charge in [-0.2, -0.15) is 0 Å². The Labute approximate surface area is 153 Å². The normalized spacial score (nSPS) is 16.0. The summed E-state index contributed by atoms with van der Waals surface area (Å²) in [5.74, 6) is -0.358. The van der Waals surface area contributed by atoms with Gasteiger partial charge in [-0.15, -0.1) is 0 Å². The van der Waals surface area contributed by atoms with Crippen molar-refractivity contribution in [1.29, 1.82) is 0 Å². The largest absolute Gasteiger partial charge is 0.321 e. The Morgan fingerprint density at radius 3 is 2.50 bits per heavy atom. The molecule has 1 amide bonds. The average molecular weight is 355 g/mol. The number of quaternary nitrogens is 1. The van der Waals surface area contributed by atoms with Crippen LogP contribution in [0.1, 0.15) is 42.6 Å². The molecule has 1 saturated carbocycles. The molecule has 0 spiro atoms. The van der Waals surface area contributed by atoms with E-state index < -0.39 is 0 Å². The Morgan fingerprint density at radius 2 is 1.88 bits per heavy atom. The zero-order valence-corrected chi connectivity index (χ0v) is 15.1. The second kappa shape index (κ2) is 7.79. The number of carbonyl (C=O) groups is 2. The first-order valence-corrected chi connectivity index (χ1v) is 8.96. The van der Waals surface area contributed by atoms with Crippen molar-refractivity contribution in [3.8, 4) is 0 Å². The number of hydrogen-bond donors (Lipinski definition) is 2. The molecule has 0 saturated heterocycles. The fraction of sp³-hybridized carbons (Fsp3) is 0.333. The predicted molar refractivity (Wildman–Crippen MR) is 98.6 cm³/mol. The minimum Gasteiger partial charge on any atom is -0.321 e. The van der Waals surface area contributed by atoms with E-state index in [-0.39, 0.29) is 23.5 Å². The summed E-state index contributed by atoms with van der Waals surface area (Å²) >= 11 is 0. The number of Topliss-reactive ketones (excluding diaryl/α,β-unsaturated/α-hetero) is 1. The van der Waals surface area contributed by atoms with E-state index in [9.17, 15) is 14.0 Å². The molecule has 0 heterocycles. The summed E-state index contributed by atoms with van der Waals surface area (Å²) in [5.41, 5.74) is 2.23. The SMILES string of the molecule is CC(=O)c1cccc(NC(=O)[C@@H](C)[NH+](Cc2ccc(F)cc2)C2CC2)c1. The molecule has 1 unspecified atom stereocenters. The van der Waals surface area contributed by atoms with E-state index in [2.05, 4.69) is 5.32 Å². The fourth-order valence-electron chi connectivity index (χ4n) is 3.18. The highest BCUT2D eigenvalue weighted by atomic mass is 19.1. The number of benzene rings is 2. The van der Waals surface area contributed by atoms with Crippen LogP contribution in [0.3, 0.4) is 0 Å². The molecule has 1 fully saturated rings. The van der Waals surface area contributed by atoms with Gasteiger partial charge in [0, 0.05) is 29.7 Å². The van der Waals surface area contributed by atoms with Crippen LogP contribution in [-0.4, -0.2) is 23.8 Å². The molecule has 0 bridgehead atoms. The van der Waals surface area contributed by atoms with E-state index in [1.54, 1.807) is 36.4 Å². The van der Waals surface area contributed by atoms with Gasteiger partial charge in [-0.1, -0.05) is 24.3 Å². The van der Waals surface area contributed by atoms with Gasteiger partial charge in [0.1, 0.15) is 12.4 Å². The lowest BCUT2D eigenvalue weighted by atomic mass is 10.1. The molecule has 0 aromatic heterocycles. The molecule has 2 N–H and O–H groups in total. The van der Waals surface area contributed by atoms with E-state index in [0.717, 1.165) is 18.4 Å². The molecule has 0 radical (unpaired) electrons. The van der Waals surface area contributed by atoms with Gasteiger partial charge in [-0.25, -0.2) is 4.39 Å². The first-order chi connectivity index (χ1) is 12.4. The Kier molecular flexibility index (Phi) is 5.47. The molecule has 0 aliphatic heterocycles. The zero-order chi connectivity index (χ0) is 18.7. The second-order valence-electron chi connectivity index (χ2n) is 7.00. The zero-order valence-electron chi connectivity index (χ0n) is 15.1. The minimum atomic E-state index is -0.252. The number of rotatable bonds is 7. The van der Waals surface area contributed by atoms with Crippen LogP contribution in [-0.2, 0) is 11.3 Å². The summed E-state index contributed by atoms with van der Waals surface area (Å²) in [4.78, 5) is 25.4. The first kappa shape index (κ1) is 18.3.